The van der Waals surface area contributed by atoms with E-state index in [9.17, 15) is 9.59 Å². The number of aromatic amines is 1. The van der Waals surface area contributed by atoms with Crippen LogP contribution in [0.2, 0.25) is 0 Å². The van der Waals surface area contributed by atoms with Gasteiger partial charge in [-0.25, -0.2) is 0 Å². The van der Waals surface area contributed by atoms with Crippen LogP contribution < -0.4 is 10.9 Å². The van der Waals surface area contributed by atoms with Gasteiger partial charge in [0, 0.05) is 11.4 Å². The molecule has 1 fully saturated rings. The number of aromatic nitrogens is 1. The Morgan fingerprint density at radius 1 is 1.12 bits per heavy atom. The number of hydrogen-bond donors (Lipinski definition) is 2. The maximum atomic E-state index is 12.5. The summed E-state index contributed by atoms with van der Waals surface area (Å²) in [5, 5.41) is 4.41. The molecule has 3 atom stereocenters. The molecular formula is C21H20N2O2. The summed E-state index contributed by atoms with van der Waals surface area (Å²) in [4.78, 5) is 27.4. The molecule has 0 unspecified atom stereocenters. The van der Waals surface area contributed by atoms with Gasteiger partial charge in [-0.15, -0.1) is 0 Å². The van der Waals surface area contributed by atoms with Crippen molar-refractivity contribution in [3.05, 3.63) is 82.3 Å². The summed E-state index contributed by atoms with van der Waals surface area (Å²) in [5.41, 5.74) is 1.41. The molecule has 3 aromatic rings. The van der Waals surface area contributed by atoms with Gasteiger partial charge in [-0.05, 0) is 48.3 Å². The number of amides is 1. The van der Waals surface area contributed by atoms with Crippen LogP contribution in [-0.2, 0) is 0 Å². The van der Waals surface area contributed by atoms with Crippen LogP contribution in [0.3, 0.4) is 0 Å². The van der Waals surface area contributed by atoms with Crippen LogP contribution in [0.25, 0.3) is 10.8 Å². The molecule has 4 rings (SSSR count). The van der Waals surface area contributed by atoms with E-state index in [0.717, 1.165) is 11.8 Å². The first-order chi connectivity index (χ1) is 12.1. The number of benzene rings is 2. The first kappa shape index (κ1) is 15.6. The van der Waals surface area contributed by atoms with E-state index in [1.165, 1.54) is 5.56 Å². The van der Waals surface area contributed by atoms with Gasteiger partial charge in [-0.2, -0.15) is 0 Å². The van der Waals surface area contributed by atoms with Crippen LogP contribution in [-0.4, -0.2) is 16.9 Å². The lowest BCUT2D eigenvalue weighted by molar-refractivity contribution is 0.0930. The number of rotatable bonds is 4. The summed E-state index contributed by atoms with van der Waals surface area (Å²) in [7, 11) is 0. The Labute approximate surface area is 145 Å². The minimum absolute atomic E-state index is 0.0627. The molecule has 4 heteroatoms. The van der Waals surface area contributed by atoms with Crippen molar-refractivity contribution < 1.29 is 4.79 Å². The van der Waals surface area contributed by atoms with Gasteiger partial charge in [0.1, 0.15) is 5.69 Å². The second-order valence-electron chi connectivity index (χ2n) is 6.78. The lowest BCUT2D eigenvalue weighted by Gasteiger charge is -2.14. The number of hydrogen-bond acceptors (Lipinski definition) is 2. The number of pyridine rings is 1. The molecule has 25 heavy (non-hydrogen) atoms. The molecule has 1 amide bonds. The Morgan fingerprint density at radius 2 is 1.84 bits per heavy atom. The minimum Gasteiger partial charge on any atom is -0.348 e. The number of carbonyl (C=O) groups excluding carboxylic acids is 1. The molecule has 1 heterocycles. The van der Waals surface area contributed by atoms with E-state index in [4.69, 9.17) is 0 Å². The Morgan fingerprint density at radius 3 is 2.64 bits per heavy atom. The lowest BCUT2D eigenvalue weighted by Crippen LogP contribution is -2.35. The first-order valence-corrected chi connectivity index (χ1v) is 8.61. The number of H-pyrrole nitrogens is 1. The van der Waals surface area contributed by atoms with Crippen LogP contribution in [0, 0.1) is 5.92 Å². The van der Waals surface area contributed by atoms with Crippen molar-refractivity contribution in [1.29, 1.82) is 0 Å². The quantitative estimate of drug-likeness (QED) is 0.769. The number of nitrogens with one attached hydrogen (secondary N) is 2. The third-order valence-electron chi connectivity index (χ3n) is 5.07. The Kier molecular flexibility index (Phi) is 3.88. The monoisotopic (exact) mass is 332 g/mol. The number of fused-ring (bicyclic) bond motifs is 1. The zero-order chi connectivity index (χ0) is 17.4. The Balaban J connectivity index is 1.48. The van der Waals surface area contributed by atoms with Crippen molar-refractivity contribution in [2.24, 2.45) is 5.92 Å². The highest BCUT2D eigenvalue weighted by Crippen LogP contribution is 2.49. The summed E-state index contributed by atoms with van der Waals surface area (Å²) in [6.45, 7) is 2.03. The molecule has 0 spiro atoms. The van der Waals surface area contributed by atoms with Crippen molar-refractivity contribution >= 4 is 16.7 Å². The normalized spacial score (nSPS) is 20.2. The molecule has 1 aliphatic rings. The predicted octanol–water partition coefficient (Wildman–Crippen LogP) is 3.45. The summed E-state index contributed by atoms with van der Waals surface area (Å²) < 4.78 is 0. The van der Waals surface area contributed by atoms with E-state index in [0.29, 0.717) is 22.9 Å². The fourth-order valence-electron chi connectivity index (χ4n) is 3.58. The first-order valence-electron chi connectivity index (χ1n) is 8.61. The van der Waals surface area contributed by atoms with E-state index < -0.39 is 0 Å². The smallest absolute Gasteiger partial charge is 0.268 e. The average molecular weight is 332 g/mol. The van der Waals surface area contributed by atoms with Crippen molar-refractivity contribution in [2.45, 2.75) is 25.3 Å². The molecule has 2 aromatic carbocycles. The molecule has 1 aliphatic carbocycles. The van der Waals surface area contributed by atoms with Crippen molar-refractivity contribution in [2.75, 3.05) is 0 Å². The minimum atomic E-state index is -0.232. The van der Waals surface area contributed by atoms with Crippen LogP contribution in [0.5, 0.6) is 0 Å². The van der Waals surface area contributed by atoms with Crippen molar-refractivity contribution in [3.63, 3.8) is 0 Å². The molecule has 0 aliphatic heterocycles. The van der Waals surface area contributed by atoms with Crippen LogP contribution in [0.15, 0.2) is 65.5 Å². The van der Waals surface area contributed by atoms with Crippen LogP contribution in [0.4, 0.5) is 0 Å². The highest BCUT2D eigenvalue weighted by molar-refractivity contribution is 5.96. The highest BCUT2D eigenvalue weighted by atomic mass is 16.2. The maximum Gasteiger partial charge on any atom is 0.268 e. The molecule has 4 nitrogen and oxygen atoms in total. The second kappa shape index (κ2) is 6.20. The maximum absolute atomic E-state index is 12.5. The van der Waals surface area contributed by atoms with E-state index in [2.05, 4.69) is 22.4 Å². The Hall–Kier alpha value is -2.88. The van der Waals surface area contributed by atoms with E-state index in [1.807, 2.05) is 43.3 Å². The average Bonchev–Trinajstić information content (AvgIpc) is 3.43. The van der Waals surface area contributed by atoms with E-state index >= 15 is 0 Å². The van der Waals surface area contributed by atoms with E-state index in [-0.39, 0.29) is 17.5 Å². The third-order valence-corrected chi connectivity index (χ3v) is 5.07. The van der Waals surface area contributed by atoms with Gasteiger partial charge in [0.05, 0.1) is 0 Å². The molecule has 0 saturated heterocycles. The molecule has 126 valence electrons. The van der Waals surface area contributed by atoms with E-state index in [1.54, 1.807) is 12.1 Å². The molecule has 0 bridgehead atoms. The largest absolute Gasteiger partial charge is 0.348 e. The summed E-state index contributed by atoms with van der Waals surface area (Å²) in [6.07, 6.45) is 1.08. The fourth-order valence-corrected chi connectivity index (χ4v) is 3.58. The lowest BCUT2D eigenvalue weighted by atomic mass is 10.1. The van der Waals surface area contributed by atoms with Gasteiger partial charge in [0.25, 0.3) is 11.5 Å². The second-order valence-corrected chi connectivity index (χ2v) is 6.78. The summed E-state index contributed by atoms with van der Waals surface area (Å²) in [6, 6.07) is 19.5. The third kappa shape index (κ3) is 3.07. The Bertz CT molecular complexity index is 978. The molecule has 1 aromatic heterocycles. The van der Waals surface area contributed by atoms with Gasteiger partial charge >= 0.3 is 0 Å². The molecule has 0 radical (unpaired) electrons. The predicted molar refractivity (Wildman–Crippen MR) is 98.8 cm³/mol. The number of carbonyl (C=O) groups is 1. The zero-order valence-corrected chi connectivity index (χ0v) is 14.0. The zero-order valence-electron chi connectivity index (χ0n) is 14.0. The van der Waals surface area contributed by atoms with Gasteiger partial charge in [-0.3, -0.25) is 9.59 Å². The van der Waals surface area contributed by atoms with Crippen molar-refractivity contribution in [1.82, 2.24) is 10.3 Å². The topological polar surface area (TPSA) is 62.0 Å². The molecule has 1 saturated carbocycles. The fraction of sp³-hybridized carbons (Fsp3) is 0.238. The van der Waals surface area contributed by atoms with Crippen molar-refractivity contribution in [3.8, 4) is 0 Å². The summed E-state index contributed by atoms with van der Waals surface area (Å²) >= 11 is 0. The van der Waals surface area contributed by atoms with Gasteiger partial charge in [-0.1, -0.05) is 48.5 Å². The molecular weight excluding hydrogens is 312 g/mol. The SMILES string of the molecule is C[C@H](NC(=O)c1cc2ccccc2c(=O)[nH]1)[C@@H]1C[C@@H]1c1ccccc1. The molecule has 2 N–H and O–H groups in total. The van der Waals surface area contributed by atoms with Gasteiger partial charge < -0.3 is 10.3 Å². The highest BCUT2D eigenvalue weighted by Gasteiger charge is 2.42. The standard InChI is InChI=1S/C21H20N2O2/c1-13(17-12-18(17)14-7-3-2-4-8-14)22-21(25)19-11-15-9-5-6-10-16(15)20(24)23-19/h2-11,13,17-18H,12H2,1H3,(H,22,25)(H,23,24)/t13-,17-,18+/m0/s1. The van der Waals surface area contributed by atoms with Gasteiger partial charge in [0.15, 0.2) is 0 Å². The van der Waals surface area contributed by atoms with Gasteiger partial charge in [0.2, 0.25) is 0 Å². The van der Waals surface area contributed by atoms with Crippen LogP contribution in [0.1, 0.15) is 35.3 Å². The van der Waals surface area contributed by atoms with Crippen LogP contribution >= 0.6 is 0 Å². The summed E-state index contributed by atoms with van der Waals surface area (Å²) in [5.74, 6) is 0.722.